The summed E-state index contributed by atoms with van der Waals surface area (Å²) < 4.78 is 57.1. The normalized spacial score (nSPS) is 20.9. The van der Waals surface area contributed by atoms with Crippen molar-refractivity contribution in [2.45, 2.75) is 30.8 Å². The van der Waals surface area contributed by atoms with Crippen LogP contribution in [0.25, 0.3) is 0 Å². The Bertz CT molecular complexity index is 1260. The quantitative estimate of drug-likeness (QED) is 0.507. The molecule has 2 aromatic rings. The molecule has 0 aromatic heterocycles. The Kier molecular flexibility index (Phi) is 6.63. The number of hydrogen-bond acceptors (Lipinski definition) is 6. The van der Waals surface area contributed by atoms with Gasteiger partial charge in [0, 0.05) is 12.8 Å². The maximum Gasteiger partial charge on any atom is 0.319 e. The molecule has 1 aliphatic carbocycles. The number of ether oxygens (including phenoxy) is 1. The Morgan fingerprint density at radius 3 is 2.26 bits per heavy atom. The average Bonchev–Trinajstić information content (AvgIpc) is 3.57. The summed E-state index contributed by atoms with van der Waals surface area (Å²) >= 11 is 0. The predicted octanol–water partition coefficient (Wildman–Crippen LogP) is 1.91. The second-order valence-corrected chi connectivity index (χ2v) is 13.2. The summed E-state index contributed by atoms with van der Waals surface area (Å²) in [6.45, 7) is 0.185. The molecule has 9 nitrogen and oxygen atoms in total. The van der Waals surface area contributed by atoms with E-state index in [4.69, 9.17) is 4.74 Å². The lowest BCUT2D eigenvalue weighted by Crippen LogP contribution is -2.58. The lowest BCUT2D eigenvalue weighted by atomic mass is 9.97. The van der Waals surface area contributed by atoms with Crippen LogP contribution in [0.4, 0.5) is 4.79 Å². The van der Waals surface area contributed by atoms with E-state index >= 15 is 0 Å². The number of amides is 2. The number of rotatable bonds is 10. The molecular weight excluding hydrogens is 478 g/mol. The summed E-state index contributed by atoms with van der Waals surface area (Å²) in [6.07, 6.45) is 3.58. The van der Waals surface area contributed by atoms with Crippen molar-refractivity contribution in [2.24, 2.45) is 0 Å². The molecule has 4 rings (SSSR count). The summed E-state index contributed by atoms with van der Waals surface area (Å²) in [5, 5.41) is 1.67. The summed E-state index contributed by atoms with van der Waals surface area (Å²) in [7, 11) is -6.52. The van der Waals surface area contributed by atoms with Gasteiger partial charge in [-0.1, -0.05) is 36.4 Å². The molecule has 0 radical (unpaired) electrons. The molecule has 1 saturated carbocycles. The number of sulfonamides is 1. The van der Waals surface area contributed by atoms with Crippen molar-refractivity contribution in [1.29, 1.82) is 0 Å². The molecule has 0 bridgehead atoms. The Labute approximate surface area is 200 Å². The van der Waals surface area contributed by atoms with Crippen LogP contribution < -0.4 is 14.8 Å². The van der Waals surface area contributed by atoms with Crippen LogP contribution in [0.3, 0.4) is 0 Å². The number of carbonyl (C=O) groups is 1. The van der Waals surface area contributed by atoms with Gasteiger partial charge in [-0.25, -0.2) is 21.6 Å². The lowest BCUT2D eigenvalue weighted by Gasteiger charge is -2.38. The minimum atomic E-state index is -4.28. The van der Waals surface area contributed by atoms with Gasteiger partial charge in [-0.3, -0.25) is 4.90 Å². The molecule has 2 aromatic carbocycles. The van der Waals surface area contributed by atoms with E-state index in [0.717, 1.165) is 24.7 Å². The number of urea groups is 1. The Morgan fingerprint density at radius 2 is 1.71 bits per heavy atom. The molecule has 2 aliphatic rings. The van der Waals surface area contributed by atoms with E-state index in [0.29, 0.717) is 23.7 Å². The summed E-state index contributed by atoms with van der Waals surface area (Å²) in [5.74, 6) is 1.22. The summed E-state index contributed by atoms with van der Waals surface area (Å²) in [6, 6.07) is 14.5. The van der Waals surface area contributed by atoms with E-state index in [1.807, 2.05) is 48.5 Å². The number of nitrogens with zero attached hydrogens (tertiary/aromatic N) is 1. The highest BCUT2D eigenvalue weighted by atomic mass is 32.3. The fourth-order valence-electron chi connectivity index (χ4n) is 4.32. The molecule has 1 aliphatic heterocycles. The highest BCUT2D eigenvalue weighted by Gasteiger charge is 2.49. The lowest BCUT2D eigenvalue weighted by molar-refractivity contribution is 0.147. The van der Waals surface area contributed by atoms with Gasteiger partial charge in [-0.05, 0) is 54.0 Å². The first-order chi connectivity index (χ1) is 16.0. The van der Waals surface area contributed by atoms with Gasteiger partial charge in [-0.2, -0.15) is 4.72 Å². The van der Waals surface area contributed by atoms with Crippen molar-refractivity contribution >= 4 is 25.9 Å². The van der Waals surface area contributed by atoms with E-state index in [9.17, 15) is 21.6 Å². The second kappa shape index (κ2) is 9.20. The maximum absolute atomic E-state index is 12.9. The minimum absolute atomic E-state index is 0.0276. The zero-order chi connectivity index (χ0) is 24.6. The van der Waals surface area contributed by atoms with E-state index in [2.05, 4.69) is 10.0 Å². The van der Waals surface area contributed by atoms with E-state index in [1.54, 1.807) is 7.11 Å². The number of benzene rings is 2. The van der Waals surface area contributed by atoms with Crippen molar-refractivity contribution in [1.82, 2.24) is 14.9 Å². The third-order valence-electron chi connectivity index (χ3n) is 6.12. The van der Waals surface area contributed by atoms with Gasteiger partial charge < -0.3 is 10.1 Å². The number of nitrogens with one attached hydrogen (secondary N) is 2. The molecule has 1 saturated heterocycles. The largest absolute Gasteiger partial charge is 0.497 e. The zero-order valence-electron chi connectivity index (χ0n) is 19.2. The fourth-order valence-corrected chi connectivity index (χ4v) is 7.62. The van der Waals surface area contributed by atoms with E-state index < -0.39 is 36.6 Å². The monoisotopic (exact) mass is 507 g/mol. The molecule has 11 heteroatoms. The number of hydrogen-bond donors (Lipinski definition) is 2. The first-order valence-corrected chi connectivity index (χ1v) is 14.7. The van der Waals surface area contributed by atoms with Crippen LogP contribution in [-0.4, -0.2) is 59.3 Å². The highest BCUT2D eigenvalue weighted by Crippen LogP contribution is 2.41. The van der Waals surface area contributed by atoms with E-state index in [-0.39, 0.29) is 13.1 Å². The van der Waals surface area contributed by atoms with Gasteiger partial charge in [0.2, 0.25) is 10.0 Å². The maximum atomic E-state index is 12.9. The standard InChI is InChI=1S/C23H29N3O6S2/c1-32-21-11-3-17(4-12-21)13-14-26-22(27)24-15-23(26,25-34(30,31)16-33(2,28)29)20-9-7-19(8-10-20)18-5-6-18/h3-4,7-12,18,25H,5-6,13-16H2,1-2H3,(H,24,27). The van der Waals surface area contributed by atoms with Crippen LogP contribution in [0.5, 0.6) is 5.75 Å². The molecule has 1 heterocycles. The van der Waals surface area contributed by atoms with Crippen molar-refractivity contribution in [2.75, 3.05) is 31.5 Å². The van der Waals surface area contributed by atoms with Crippen LogP contribution in [-0.2, 0) is 31.9 Å². The van der Waals surface area contributed by atoms with Gasteiger partial charge >= 0.3 is 6.03 Å². The predicted molar refractivity (Wildman–Crippen MR) is 129 cm³/mol. The topological polar surface area (TPSA) is 122 Å². The molecule has 2 amide bonds. The SMILES string of the molecule is COc1ccc(CCN2C(=O)NCC2(NS(=O)(=O)CS(C)(=O)=O)c2ccc(C3CC3)cc2)cc1. The number of sulfone groups is 1. The van der Waals surface area contributed by atoms with Gasteiger partial charge in [0.1, 0.15) is 5.75 Å². The van der Waals surface area contributed by atoms with Gasteiger partial charge in [0.15, 0.2) is 20.6 Å². The summed E-state index contributed by atoms with van der Waals surface area (Å²) in [5.41, 5.74) is 1.23. The molecule has 184 valence electrons. The van der Waals surface area contributed by atoms with Crippen LogP contribution in [0, 0.1) is 0 Å². The molecule has 34 heavy (non-hydrogen) atoms. The smallest absolute Gasteiger partial charge is 0.319 e. The van der Waals surface area contributed by atoms with Gasteiger partial charge in [0.05, 0.1) is 13.7 Å². The van der Waals surface area contributed by atoms with E-state index in [1.165, 1.54) is 10.5 Å². The molecule has 2 N–H and O–H groups in total. The van der Waals surface area contributed by atoms with Crippen LogP contribution in [0.15, 0.2) is 48.5 Å². The van der Waals surface area contributed by atoms with Crippen molar-refractivity contribution in [3.05, 3.63) is 65.2 Å². The minimum Gasteiger partial charge on any atom is -0.497 e. The van der Waals surface area contributed by atoms with Crippen molar-refractivity contribution < 1.29 is 26.4 Å². The second-order valence-electron chi connectivity index (χ2n) is 8.93. The zero-order valence-corrected chi connectivity index (χ0v) is 20.8. The van der Waals surface area contributed by atoms with Crippen LogP contribution in [0.2, 0.25) is 0 Å². The van der Waals surface area contributed by atoms with Crippen molar-refractivity contribution in [3.8, 4) is 5.75 Å². The molecule has 1 unspecified atom stereocenters. The Hall–Kier alpha value is -2.63. The highest BCUT2D eigenvalue weighted by molar-refractivity contribution is 8.06. The third kappa shape index (κ3) is 5.53. The van der Waals surface area contributed by atoms with Crippen molar-refractivity contribution in [3.63, 3.8) is 0 Å². The third-order valence-corrected chi connectivity index (χ3v) is 9.72. The first kappa shape index (κ1) is 24.5. The molecule has 2 fully saturated rings. The van der Waals surface area contributed by atoms with Crippen LogP contribution in [0.1, 0.15) is 35.4 Å². The average molecular weight is 508 g/mol. The van der Waals surface area contributed by atoms with Gasteiger partial charge in [-0.15, -0.1) is 0 Å². The molecular formula is C23H29N3O6S2. The number of methoxy groups -OCH3 is 1. The first-order valence-electron chi connectivity index (χ1n) is 11.0. The fraction of sp³-hybridized carbons (Fsp3) is 0.435. The van der Waals surface area contributed by atoms with Gasteiger partial charge in [0.25, 0.3) is 0 Å². The van der Waals surface area contributed by atoms with Crippen LogP contribution >= 0.6 is 0 Å². The molecule has 0 spiro atoms. The summed E-state index contributed by atoms with van der Waals surface area (Å²) in [4.78, 5) is 14.3. The Morgan fingerprint density at radius 1 is 1.06 bits per heavy atom. The number of carbonyl (C=O) groups excluding carboxylic acids is 1. The Balaban J connectivity index is 1.67. The molecule has 1 atom stereocenters.